The van der Waals surface area contributed by atoms with Gasteiger partial charge in [-0.15, -0.1) is 0 Å². The highest BCUT2D eigenvalue weighted by atomic mass is 16.2. The average Bonchev–Trinajstić information content (AvgIpc) is 2.25. The molecule has 1 N–H and O–H groups in total. The molecule has 102 valence electrons. The number of nitrogens with one attached hydrogen (secondary N) is 1. The number of hydrogen-bond acceptors (Lipinski definition) is 2. The van der Waals surface area contributed by atoms with E-state index in [9.17, 15) is 9.59 Å². The molecule has 0 radical (unpaired) electrons. The number of piperazine rings is 1. The summed E-state index contributed by atoms with van der Waals surface area (Å²) in [4.78, 5) is 26.2. The Balaban J connectivity index is 2.94. The van der Waals surface area contributed by atoms with E-state index in [1.165, 1.54) is 0 Å². The third-order valence-electron chi connectivity index (χ3n) is 3.33. The molecule has 0 spiro atoms. The highest BCUT2D eigenvalue weighted by molar-refractivity contribution is 5.99. The van der Waals surface area contributed by atoms with Crippen LogP contribution in [0, 0.1) is 5.92 Å². The van der Waals surface area contributed by atoms with Gasteiger partial charge < -0.3 is 10.2 Å². The molecule has 1 aliphatic rings. The molecule has 0 bridgehead atoms. The molecule has 0 aliphatic carbocycles. The first-order valence-electron chi connectivity index (χ1n) is 6.54. The molecule has 1 saturated heterocycles. The Morgan fingerprint density at radius 3 is 2.50 bits per heavy atom. The first-order valence-corrected chi connectivity index (χ1v) is 6.54. The van der Waals surface area contributed by atoms with Gasteiger partial charge in [-0.25, -0.2) is 0 Å². The normalized spacial score (nSPS) is 23.9. The summed E-state index contributed by atoms with van der Waals surface area (Å²) < 4.78 is 0. The van der Waals surface area contributed by atoms with E-state index in [0.717, 1.165) is 0 Å². The van der Waals surface area contributed by atoms with Crippen molar-refractivity contribution in [2.24, 2.45) is 5.92 Å². The van der Waals surface area contributed by atoms with Gasteiger partial charge in [0.2, 0.25) is 11.8 Å². The van der Waals surface area contributed by atoms with E-state index in [-0.39, 0.29) is 17.9 Å². The molecule has 1 atom stereocenters. The molecule has 1 heterocycles. The number of nitrogens with zero attached hydrogens (tertiary/aromatic N) is 1. The van der Waals surface area contributed by atoms with Crippen LogP contribution in [-0.2, 0) is 9.59 Å². The van der Waals surface area contributed by atoms with Crippen LogP contribution in [-0.4, -0.2) is 34.8 Å². The fraction of sp³-hybridized carbons (Fsp3) is 0.714. The molecule has 0 aromatic carbocycles. The van der Waals surface area contributed by atoms with Gasteiger partial charge in [-0.3, -0.25) is 9.59 Å². The quantitative estimate of drug-likeness (QED) is 0.774. The lowest BCUT2D eigenvalue weighted by atomic mass is 9.92. The van der Waals surface area contributed by atoms with E-state index in [2.05, 4.69) is 19.2 Å². The molecule has 1 fully saturated rings. The fourth-order valence-corrected chi connectivity index (χ4v) is 2.14. The van der Waals surface area contributed by atoms with Gasteiger partial charge in [-0.2, -0.15) is 0 Å². The third kappa shape index (κ3) is 2.92. The predicted molar refractivity (Wildman–Crippen MR) is 72.0 cm³/mol. The second kappa shape index (κ2) is 5.55. The maximum absolute atomic E-state index is 12.4. The van der Waals surface area contributed by atoms with Crippen molar-refractivity contribution in [3.63, 3.8) is 0 Å². The van der Waals surface area contributed by atoms with Crippen LogP contribution in [0.25, 0.3) is 0 Å². The number of carbonyl (C=O) groups is 2. The minimum atomic E-state index is -0.774. The van der Waals surface area contributed by atoms with E-state index in [1.54, 1.807) is 18.7 Å². The van der Waals surface area contributed by atoms with Crippen LogP contribution < -0.4 is 5.32 Å². The van der Waals surface area contributed by atoms with Crippen LogP contribution >= 0.6 is 0 Å². The molecule has 4 heteroatoms. The topological polar surface area (TPSA) is 49.4 Å². The second-order valence-corrected chi connectivity index (χ2v) is 5.73. The highest BCUT2D eigenvalue weighted by Gasteiger charge is 2.45. The van der Waals surface area contributed by atoms with Crippen molar-refractivity contribution in [2.75, 3.05) is 6.54 Å². The zero-order chi connectivity index (χ0) is 13.9. The minimum Gasteiger partial charge on any atom is -0.342 e. The summed E-state index contributed by atoms with van der Waals surface area (Å²) in [5, 5.41) is 2.84. The fourth-order valence-electron chi connectivity index (χ4n) is 2.14. The maximum atomic E-state index is 12.4. The minimum absolute atomic E-state index is 0.0198. The van der Waals surface area contributed by atoms with Gasteiger partial charge in [0, 0.05) is 6.54 Å². The zero-order valence-electron chi connectivity index (χ0n) is 12.0. The van der Waals surface area contributed by atoms with Crippen molar-refractivity contribution in [1.82, 2.24) is 10.2 Å². The van der Waals surface area contributed by atoms with Gasteiger partial charge in [-0.1, -0.05) is 26.0 Å². The molecule has 2 amide bonds. The lowest BCUT2D eigenvalue weighted by molar-refractivity contribution is -0.154. The van der Waals surface area contributed by atoms with Crippen LogP contribution in [0.5, 0.6) is 0 Å². The summed E-state index contributed by atoms with van der Waals surface area (Å²) in [5.74, 6) is 0.327. The molecule has 0 saturated carbocycles. The van der Waals surface area contributed by atoms with Crippen LogP contribution in [0.4, 0.5) is 0 Å². The maximum Gasteiger partial charge on any atom is 0.246 e. The van der Waals surface area contributed by atoms with Crippen molar-refractivity contribution < 1.29 is 9.59 Å². The first kappa shape index (κ1) is 14.7. The van der Waals surface area contributed by atoms with Crippen LogP contribution in [0.3, 0.4) is 0 Å². The first-order chi connectivity index (χ1) is 8.30. The molecule has 1 unspecified atom stereocenters. The van der Waals surface area contributed by atoms with E-state index in [0.29, 0.717) is 18.9 Å². The molecule has 18 heavy (non-hydrogen) atoms. The lowest BCUT2D eigenvalue weighted by Crippen LogP contribution is -2.68. The summed E-state index contributed by atoms with van der Waals surface area (Å²) in [6, 6.07) is -0.379. The number of allylic oxidation sites excluding steroid dienone is 1. The Hall–Kier alpha value is -1.32. The van der Waals surface area contributed by atoms with Crippen molar-refractivity contribution in [2.45, 2.75) is 52.6 Å². The summed E-state index contributed by atoms with van der Waals surface area (Å²) in [6.07, 6.45) is 4.49. The van der Waals surface area contributed by atoms with E-state index in [1.807, 2.05) is 19.1 Å². The molecule has 0 aromatic heterocycles. The Kier molecular flexibility index (Phi) is 4.54. The van der Waals surface area contributed by atoms with Crippen LogP contribution in [0.15, 0.2) is 12.2 Å². The Morgan fingerprint density at radius 1 is 1.39 bits per heavy atom. The average molecular weight is 252 g/mol. The summed E-state index contributed by atoms with van der Waals surface area (Å²) >= 11 is 0. The number of amides is 2. The predicted octanol–water partition coefficient (Wildman–Crippen LogP) is 1.71. The second-order valence-electron chi connectivity index (χ2n) is 5.73. The van der Waals surface area contributed by atoms with E-state index < -0.39 is 5.54 Å². The van der Waals surface area contributed by atoms with Gasteiger partial charge in [0.1, 0.15) is 11.6 Å². The SMILES string of the molecule is C/C=C/CN1C(=O)C(CC(C)C)NC(=O)C1(C)C. The Bertz CT molecular complexity index is 359. The molecule has 1 rings (SSSR count). The Morgan fingerprint density at radius 2 is 2.00 bits per heavy atom. The Labute approximate surface area is 109 Å². The molecule has 1 aliphatic heterocycles. The lowest BCUT2D eigenvalue weighted by Gasteiger charge is -2.44. The van der Waals surface area contributed by atoms with E-state index in [4.69, 9.17) is 0 Å². The van der Waals surface area contributed by atoms with Crippen molar-refractivity contribution >= 4 is 11.8 Å². The van der Waals surface area contributed by atoms with Gasteiger partial charge in [0.25, 0.3) is 0 Å². The summed E-state index contributed by atoms with van der Waals surface area (Å²) in [7, 11) is 0. The molecular formula is C14H24N2O2. The molecule has 0 aromatic rings. The van der Waals surface area contributed by atoms with E-state index >= 15 is 0 Å². The van der Waals surface area contributed by atoms with Gasteiger partial charge in [0.05, 0.1) is 0 Å². The summed E-state index contributed by atoms with van der Waals surface area (Å²) in [6.45, 7) is 10.1. The smallest absolute Gasteiger partial charge is 0.246 e. The monoisotopic (exact) mass is 252 g/mol. The third-order valence-corrected chi connectivity index (χ3v) is 3.33. The highest BCUT2D eigenvalue weighted by Crippen LogP contribution is 2.23. The number of rotatable bonds is 4. The van der Waals surface area contributed by atoms with Crippen LogP contribution in [0.2, 0.25) is 0 Å². The summed E-state index contributed by atoms with van der Waals surface area (Å²) in [5.41, 5.74) is -0.774. The zero-order valence-corrected chi connectivity index (χ0v) is 12.0. The van der Waals surface area contributed by atoms with Crippen molar-refractivity contribution in [1.29, 1.82) is 0 Å². The number of hydrogen-bond donors (Lipinski definition) is 1. The van der Waals surface area contributed by atoms with Gasteiger partial charge in [-0.05, 0) is 33.1 Å². The van der Waals surface area contributed by atoms with Gasteiger partial charge >= 0.3 is 0 Å². The van der Waals surface area contributed by atoms with Crippen molar-refractivity contribution in [3.05, 3.63) is 12.2 Å². The largest absolute Gasteiger partial charge is 0.342 e. The van der Waals surface area contributed by atoms with Gasteiger partial charge in [0.15, 0.2) is 0 Å². The van der Waals surface area contributed by atoms with Crippen molar-refractivity contribution in [3.8, 4) is 0 Å². The standard InChI is InChI=1S/C14H24N2O2/c1-6-7-8-16-12(17)11(9-10(2)3)15-13(18)14(16,4)5/h6-7,10-11H,8-9H2,1-5H3,(H,15,18)/b7-6+. The molecule has 4 nitrogen and oxygen atoms in total. The van der Waals surface area contributed by atoms with Crippen LogP contribution in [0.1, 0.15) is 41.0 Å². The molecular weight excluding hydrogens is 228 g/mol. The number of carbonyl (C=O) groups excluding carboxylic acids is 2.